The zero-order chi connectivity index (χ0) is 29.4. The van der Waals surface area contributed by atoms with Crippen molar-refractivity contribution in [2.45, 2.75) is 64.6 Å². The van der Waals surface area contributed by atoms with E-state index in [0.29, 0.717) is 23.6 Å². The summed E-state index contributed by atoms with van der Waals surface area (Å²) in [5, 5.41) is 3.13. The monoisotopic (exact) mass is 577 g/mol. The Kier molecular flexibility index (Phi) is 10.0. The maximum Gasteiger partial charge on any atom is 0.244 e. The van der Waals surface area contributed by atoms with Crippen LogP contribution in [0, 0.1) is 6.92 Å². The highest BCUT2D eigenvalue weighted by molar-refractivity contribution is 7.92. The predicted octanol–water partition coefficient (Wildman–Crippen LogP) is 5.42. The Morgan fingerprint density at radius 2 is 1.54 bits per heavy atom. The molecule has 4 rings (SSSR count). The number of hydrogen-bond donors (Lipinski definition) is 1. The number of carbonyl (C=O) groups is 2. The Morgan fingerprint density at radius 1 is 0.927 bits per heavy atom. The van der Waals surface area contributed by atoms with Crippen LogP contribution in [0.4, 0.5) is 5.69 Å². The second kappa shape index (κ2) is 13.7. The summed E-state index contributed by atoms with van der Waals surface area (Å²) in [5.41, 5.74) is 2.23. The molecule has 8 nitrogen and oxygen atoms in total. The minimum atomic E-state index is -3.83. The van der Waals surface area contributed by atoms with E-state index in [1.165, 1.54) is 4.90 Å². The van der Waals surface area contributed by atoms with E-state index >= 15 is 0 Å². The lowest BCUT2D eigenvalue weighted by atomic mass is 10.1. The normalized spacial score (nSPS) is 14.3. The minimum absolute atomic E-state index is 0.108. The molecule has 9 heteroatoms. The molecule has 1 aliphatic carbocycles. The lowest BCUT2D eigenvalue weighted by molar-refractivity contribution is -0.140. The van der Waals surface area contributed by atoms with Gasteiger partial charge in [-0.3, -0.25) is 13.9 Å². The van der Waals surface area contributed by atoms with E-state index < -0.39 is 28.5 Å². The molecule has 0 aromatic heterocycles. The smallest absolute Gasteiger partial charge is 0.244 e. The van der Waals surface area contributed by atoms with E-state index in [9.17, 15) is 18.0 Å². The molecule has 0 bridgehead atoms. The number of nitrogens with one attached hydrogen (secondary N) is 1. The summed E-state index contributed by atoms with van der Waals surface area (Å²) < 4.78 is 32.8. The zero-order valence-electron chi connectivity index (χ0n) is 24.0. The molecular weight excluding hydrogens is 538 g/mol. The highest BCUT2D eigenvalue weighted by atomic mass is 32.2. The van der Waals surface area contributed by atoms with E-state index in [-0.39, 0.29) is 18.5 Å². The van der Waals surface area contributed by atoms with Crippen LogP contribution >= 0.6 is 0 Å². The molecule has 3 aromatic rings. The highest BCUT2D eigenvalue weighted by Gasteiger charge is 2.33. The fourth-order valence-corrected chi connectivity index (χ4v) is 6.03. The van der Waals surface area contributed by atoms with Crippen molar-refractivity contribution in [3.05, 3.63) is 90.0 Å². The van der Waals surface area contributed by atoms with Crippen LogP contribution in [0.25, 0.3) is 0 Å². The van der Waals surface area contributed by atoms with Gasteiger partial charge < -0.3 is 15.0 Å². The number of nitrogens with zero attached hydrogens (tertiary/aromatic N) is 2. The van der Waals surface area contributed by atoms with Gasteiger partial charge in [0.1, 0.15) is 24.1 Å². The summed E-state index contributed by atoms with van der Waals surface area (Å²) in [6.07, 6.45) is 5.49. The Labute approximate surface area is 243 Å². The van der Waals surface area contributed by atoms with Crippen molar-refractivity contribution < 1.29 is 22.7 Å². The summed E-state index contributed by atoms with van der Waals surface area (Å²) in [4.78, 5) is 28.9. The van der Waals surface area contributed by atoms with Crippen LogP contribution in [0.5, 0.6) is 11.5 Å². The lowest BCUT2D eigenvalue weighted by Gasteiger charge is -2.33. The molecule has 218 valence electrons. The molecule has 1 atom stereocenters. The van der Waals surface area contributed by atoms with Crippen LogP contribution in [-0.4, -0.2) is 50.0 Å². The maximum atomic E-state index is 14.0. The number of amides is 2. The average Bonchev–Trinajstić information content (AvgIpc) is 3.46. The van der Waals surface area contributed by atoms with Crippen LogP contribution in [-0.2, 0) is 26.2 Å². The molecule has 2 amide bonds. The number of carbonyl (C=O) groups excluding carboxylic acids is 2. The fourth-order valence-electron chi connectivity index (χ4n) is 5.18. The summed E-state index contributed by atoms with van der Waals surface area (Å²) >= 11 is 0. The highest BCUT2D eigenvalue weighted by Crippen LogP contribution is 2.26. The summed E-state index contributed by atoms with van der Waals surface area (Å²) in [6, 6.07) is 22.9. The van der Waals surface area contributed by atoms with Gasteiger partial charge in [0, 0.05) is 12.6 Å². The van der Waals surface area contributed by atoms with Gasteiger partial charge in [-0.25, -0.2) is 8.42 Å². The average molecular weight is 578 g/mol. The quantitative estimate of drug-likeness (QED) is 0.310. The summed E-state index contributed by atoms with van der Waals surface area (Å²) in [6.45, 7) is 3.59. The first-order valence-corrected chi connectivity index (χ1v) is 16.0. The first-order chi connectivity index (χ1) is 19.7. The first-order valence-electron chi connectivity index (χ1n) is 14.1. The van der Waals surface area contributed by atoms with Crippen molar-refractivity contribution in [2.24, 2.45) is 0 Å². The number of ether oxygens (including phenoxy) is 1. The van der Waals surface area contributed by atoms with Crippen LogP contribution in [0.15, 0.2) is 78.9 Å². The van der Waals surface area contributed by atoms with E-state index in [2.05, 4.69) is 5.32 Å². The first kappa shape index (κ1) is 30.1. The standard InChI is InChI=1S/C32H39N3O5S/c1-4-30(32(37)33-26-14-10-11-15-26)34(22-25-13-9-8-12-24(25)2)31(36)23-35(41(3,38)39)27-18-20-29(21-19-27)40-28-16-6-5-7-17-28/h5-9,12-13,16-21,26,30H,4,10-11,14-15,22-23H2,1-3H3,(H,33,37)/t30-/m0/s1. The SMILES string of the molecule is CC[C@@H](C(=O)NC1CCCC1)N(Cc1ccccc1C)C(=O)CN(c1ccc(Oc2ccccc2)cc1)S(C)(=O)=O. The third-order valence-corrected chi connectivity index (χ3v) is 8.61. The third kappa shape index (κ3) is 8.10. The number of aryl methyl sites for hydroxylation is 1. The molecule has 1 aliphatic rings. The number of hydrogen-bond acceptors (Lipinski definition) is 5. The minimum Gasteiger partial charge on any atom is -0.457 e. The van der Waals surface area contributed by atoms with Crippen LogP contribution in [0.3, 0.4) is 0 Å². The maximum absolute atomic E-state index is 14.0. The van der Waals surface area contributed by atoms with Gasteiger partial charge in [0.05, 0.1) is 11.9 Å². The molecule has 1 saturated carbocycles. The number of sulfonamides is 1. The molecule has 3 aromatic carbocycles. The second-order valence-electron chi connectivity index (χ2n) is 10.5. The lowest BCUT2D eigenvalue weighted by Crippen LogP contribution is -2.53. The molecule has 0 radical (unpaired) electrons. The number of benzene rings is 3. The fraction of sp³-hybridized carbons (Fsp3) is 0.375. The molecule has 0 heterocycles. The third-order valence-electron chi connectivity index (χ3n) is 7.47. The largest absolute Gasteiger partial charge is 0.457 e. The molecule has 41 heavy (non-hydrogen) atoms. The van der Waals surface area contributed by atoms with Crippen LogP contribution in [0.1, 0.15) is 50.2 Å². The van der Waals surface area contributed by atoms with E-state index in [1.807, 2.05) is 68.4 Å². The van der Waals surface area contributed by atoms with Gasteiger partial charge in [-0.1, -0.05) is 62.2 Å². The Bertz CT molecular complexity index is 1420. The van der Waals surface area contributed by atoms with Crippen molar-refractivity contribution in [2.75, 3.05) is 17.1 Å². The van der Waals surface area contributed by atoms with Gasteiger partial charge in [-0.2, -0.15) is 0 Å². The summed E-state index contributed by atoms with van der Waals surface area (Å²) in [7, 11) is -3.83. The van der Waals surface area contributed by atoms with Crippen molar-refractivity contribution in [1.82, 2.24) is 10.2 Å². The van der Waals surface area contributed by atoms with Gasteiger partial charge in [0.15, 0.2) is 0 Å². The van der Waals surface area contributed by atoms with Crippen molar-refractivity contribution in [3.8, 4) is 11.5 Å². The van der Waals surface area contributed by atoms with Crippen LogP contribution in [0.2, 0.25) is 0 Å². The predicted molar refractivity (Wildman–Crippen MR) is 161 cm³/mol. The topological polar surface area (TPSA) is 96.0 Å². The molecule has 1 N–H and O–H groups in total. The molecule has 0 spiro atoms. The molecule has 0 saturated heterocycles. The van der Waals surface area contributed by atoms with Gasteiger partial charge in [0.25, 0.3) is 0 Å². The molecule has 1 fully saturated rings. The zero-order valence-corrected chi connectivity index (χ0v) is 24.8. The number of rotatable bonds is 12. The molecule has 0 unspecified atom stereocenters. The Balaban J connectivity index is 1.59. The van der Waals surface area contributed by atoms with E-state index in [4.69, 9.17) is 4.74 Å². The summed E-state index contributed by atoms with van der Waals surface area (Å²) in [5.74, 6) is 0.547. The second-order valence-corrected chi connectivity index (χ2v) is 12.4. The van der Waals surface area contributed by atoms with Crippen LogP contribution < -0.4 is 14.4 Å². The van der Waals surface area contributed by atoms with Gasteiger partial charge in [0.2, 0.25) is 21.8 Å². The number of anilines is 1. The molecule has 0 aliphatic heterocycles. The van der Waals surface area contributed by atoms with Gasteiger partial charge in [-0.05, 0) is 73.7 Å². The van der Waals surface area contributed by atoms with Crippen molar-refractivity contribution in [3.63, 3.8) is 0 Å². The molecular formula is C32H39N3O5S. The van der Waals surface area contributed by atoms with Gasteiger partial charge >= 0.3 is 0 Å². The van der Waals surface area contributed by atoms with Crippen molar-refractivity contribution >= 4 is 27.5 Å². The Morgan fingerprint density at radius 3 is 2.15 bits per heavy atom. The van der Waals surface area contributed by atoms with Crippen molar-refractivity contribution in [1.29, 1.82) is 0 Å². The van der Waals surface area contributed by atoms with Gasteiger partial charge in [-0.15, -0.1) is 0 Å². The van der Waals surface area contributed by atoms with E-state index in [1.54, 1.807) is 24.3 Å². The number of para-hydroxylation sites is 1. The van der Waals surface area contributed by atoms with E-state index in [0.717, 1.165) is 47.4 Å². The Hall–Kier alpha value is -3.85.